The molecule has 0 aromatic carbocycles. The minimum Gasteiger partial charge on any atom is -0.400 e. The van der Waals surface area contributed by atoms with Gasteiger partial charge in [-0.3, -0.25) is 0 Å². The first-order chi connectivity index (χ1) is 11.7. The molecule has 0 fully saturated rings. The van der Waals surface area contributed by atoms with Crippen LogP contribution in [0.5, 0.6) is 0 Å². The van der Waals surface area contributed by atoms with E-state index in [4.69, 9.17) is 34.2 Å². The number of ketones is 2. The van der Waals surface area contributed by atoms with Gasteiger partial charge in [-0.1, -0.05) is 52.0 Å². The Bertz CT molecular complexity index is 185. The molecule has 0 heterocycles. The van der Waals surface area contributed by atoms with Gasteiger partial charge >= 0.3 is 0 Å². The zero-order chi connectivity index (χ0) is 23.3. The topological polar surface area (TPSA) is 160 Å². The second-order valence-electron chi connectivity index (χ2n) is 2.52. The van der Waals surface area contributed by atoms with Crippen LogP contribution in [-0.4, -0.2) is 68.4 Å². The summed E-state index contributed by atoms with van der Waals surface area (Å²) in [4.78, 5) is 61.3. The summed E-state index contributed by atoms with van der Waals surface area (Å²) >= 11 is 0. The van der Waals surface area contributed by atoms with Crippen molar-refractivity contribution in [1.82, 2.24) is 0 Å². The number of aliphatic hydroxyl groups excluding tert-OH is 2. The van der Waals surface area contributed by atoms with E-state index in [0.29, 0.717) is 0 Å². The fraction of sp³-hybridized carbons (Fsp3) is 0.696. The van der Waals surface area contributed by atoms with Crippen molar-refractivity contribution in [2.75, 3.05) is 14.2 Å². The number of hydrogen-bond donors (Lipinski definition) is 2. The van der Waals surface area contributed by atoms with Gasteiger partial charge in [0.05, 0.1) is 0 Å². The second kappa shape index (κ2) is 499. The largest absolute Gasteiger partial charge is 0.400 e. The molecule has 0 rings (SSSR count). The van der Waals surface area contributed by atoms with Gasteiger partial charge in [-0.2, -0.15) is 0 Å². The molecular formula is C23H64O9. The van der Waals surface area contributed by atoms with Crippen LogP contribution >= 0.6 is 0 Å². The highest BCUT2D eigenvalue weighted by molar-refractivity contribution is 5.72. The lowest BCUT2D eigenvalue weighted by Crippen LogP contribution is -1.69. The molecule has 0 bridgehead atoms. The van der Waals surface area contributed by atoms with Gasteiger partial charge in [0.15, 0.2) is 0 Å². The zero-order valence-electron chi connectivity index (χ0n) is 16.9. The van der Waals surface area contributed by atoms with Gasteiger partial charge in [0.2, 0.25) is 0 Å². The van der Waals surface area contributed by atoms with Crippen molar-refractivity contribution in [1.29, 1.82) is 0 Å². The van der Waals surface area contributed by atoms with Gasteiger partial charge < -0.3 is 43.8 Å². The molecule has 210 valence electrons. The number of aliphatic hydroxyl groups is 2. The lowest BCUT2D eigenvalue weighted by Gasteiger charge is -1.56. The van der Waals surface area contributed by atoms with Crippen molar-refractivity contribution in [2.45, 2.75) is 100 Å². The summed E-state index contributed by atoms with van der Waals surface area (Å²) in [5, 5.41) is 14.0. The maximum Gasteiger partial charge on any atom is 0.126 e. The second-order valence-corrected chi connectivity index (χ2v) is 2.52. The standard InChI is InChI=1S/2C3H6O.3C2H4O.2CH4O.2CH2O.7CH4/c2*1-3(2)4;3*1-2-3;4*1-2;;;;;;;/h2*1-2H3;3*2H,1H3;2*2H,1H3;2*1H2;7*1H4. The van der Waals surface area contributed by atoms with Crippen molar-refractivity contribution < 1.29 is 43.8 Å². The molecule has 0 saturated heterocycles. The Labute approximate surface area is 203 Å². The number of Topliss-reactive ketones (excluding diaryl/α,β-unsaturated/α-hetero) is 2. The number of aldehydes is 3. The summed E-state index contributed by atoms with van der Waals surface area (Å²) in [7, 11) is 2.00. The van der Waals surface area contributed by atoms with E-state index in [1.165, 1.54) is 48.5 Å². The highest BCUT2D eigenvalue weighted by atomic mass is 16.2. The van der Waals surface area contributed by atoms with Crippen LogP contribution in [-0.2, 0) is 33.6 Å². The number of hydrogen-bond acceptors (Lipinski definition) is 9. The van der Waals surface area contributed by atoms with Crippen LogP contribution in [0.3, 0.4) is 0 Å². The molecule has 0 unspecified atom stereocenters. The molecule has 0 saturated carbocycles. The monoisotopic (exact) mass is 484 g/mol. The maximum absolute atomic E-state index is 9.44. The average molecular weight is 485 g/mol. The Morgan fingerprint density at radius 1 is 0.469 bits per heavy atom. The lowest BCUT2D eigenvalue weighted by molar-refractivity contribution is -0.115. The van der Waals surface area contributed by atoms with Crippen LogP contribution in [0.25, 0.3) is 0 Å². The molecule has 0 radical (unpaired) electrons. The first kappa shape index (κ1) is 131. The highest BCUT2D eigenvalue weighted by Gasteiger charge is 1.62. The van der Waals surface area contributed by atoms with E-state index in [1.54, 1.807) is 0 Å². The van der Waals surface area contributed by atoms with Crippen molar-refractivity contribution in [3.8, 4) is 0 Å². The first-order valence-electron chi connectivity index (χ1n) is 6.32. The van der Waals surface area contributed by atoms with Crippen LogP contribution in [0, 0.1) is 0 Å². The molecule has 9 heteroatoms. The van der Waals surface area contributed by atoms with Gasteiger partial charge in [0, 0.05) is 14.2 Å². The summed E-state index contributed by atoms with van der Waals surface area (Å²) in [6.07, 6.45) is 2.25. The van der Waals surface area contributed by atoms with E-state index in [0.717, 1.165) is 33.1 Å². The predicted octanol–water partition coefficient (Wildman–Crippen LogP) is 5.11. The third-order valence-electron chi connectivity index (χ3n) is 0. The minimum atomic E-state index is 0. The van der Waals surface area contributed by atoms with Crippen LogP contribution in [0.2, 0.25) is 0 Å². The summed E-state index contributed by atoms with van der Waals surface area (Å²) in [5.74, 6) is 0.333. The lowest BCUT2D eigenvalue weighted by atomic mass is 10.6. The molecule has 0 aromatic heterocycles. The highest BCUT2D eigenvalue weighted by Crippen LogP contribution is 1.50. The van der Waals surface area contributed by atoms with Crippen LogP contribution < -0.4 is 0 Å². The summed E-state index contributed by atoms with van der Waals surface area (Å²) < 4.78 is 0. The smallest absolute Gasteiger partial charge is 0.126 e. The zero-order valence-corrected chi connectivity index (χ0v) is 16.9. The third-order valence-corrected chi connectivity index (χ3v) is 0. The predicted molar refractivity (Wildman–Crippen MR) is 146 cm³/mol. The molecule has 0 amide bonds. The van der Waals surface area contributed by atoms with E-state index >= 15 is 0 Å². The van der Waals surface area contributed by atoms with Crippen LogP contribution in [0.1, 0.15) is 100 Å². The molecule has 0 aliphatic carbocycles. The summed E-state index contributed by atoms with van der Waals surface area (Å²) in [6, 6.07) is 0. The fourth-order valence-corrected chi connectivity index (χ4v) is 0. The van der Waals surface area contributed by atoms with Crippen molar-refractivity contribution in [3.05, 3.63) is 0 Å². The van der Waals surface area contributed by atoms with E-state index in [-0.39, 0.29) is 63.6 Å². The maximum atomic E-state index is 9.44. The number of carbonyl (C=O) groups excluding carboxylic acids is 7. The first-order valence-corrected chi connectivity index (χ1v) is 6.32. The molecule has 0 atom stereocenters. The Balaban J connectivity index is -0.00000000634. The van der Waals surface area contributed by atoms with Gasteiger partial charge in [-0.15, -0.1) is 0 Å². The van der Waals surface area contributed by atoms with Crippen LogP contribution in [0.15, 0.2) is 0 Å². The van der Waals surface area contributed by atoms with Crippen molar-refractivity contribution in [2.24, 2.45) is 0 Å². The Morgan fingerprint density at radius 2 is 0.469 bits per heavy atom. The number of carbonyl (C=O) groups is 7. The molecule has 0 aromatic rings. The summed E-state index contributed by atoms with van der Waals surface area (Å²) in [5.41, 5.74) is 0. The van der Waals surface area contributed by atoms with Gasteiger partial charge in [0.25, 0.3) is 0 Å². The van der Waals surface area contributed by atoms with E-state index < -0.39 is 0 Å². The molecular weight excluding hydrogens is 420 g/mol. The van der Waals surface area contributed by atoms with E-state index in [9.17, 15) is 9.59 Å². The molecule has 0 spiro atoms. The molecule has 0 aliphatic rings. The molecule has 0 aliphatic heterocycles. The van der Waals surface area contributed by atoms with E-state index in [2.05, 4.69) is 0 Å². The van der Waals surface area contributed by atoms with Gasteiger partial charge in [-0.05, 0) is 48.5 Å². The molecule has 9 nitrogen and oxygen atoms in total. The Kier molecular flexibility index (Phi) is 2040. The van der Waals surface area contributed by atoms with Crippen molar-refractivity contribution in [3.63, 3.8) is 0 Å². The SMILES string of the molecule is C.C.C.C.C.C.C.C=O.C=O.CC(C)=O.CC(C)=O.CC=O.CC=O.CC=O.CO.CO. The number of rotatable bonds is 0. The van der Waals surface area contributed by atoms with Gasteiger partial charge in [-0.25, -0.2) is 0 Å². The van der Waals surface area contributed by atoms with E-state index in [1.807, 2.05) is 13.6 Å². The van der Waals surface area contributed by atoms with Gasteiger partial charge in [0.1, 0.15) is 44.0 Å². The quantitative estimate of drug-likeness (QED) is 0.445. The average Bonchev–Trinajstić information content (AvgIpc) is 2.56. The van der Waals surface area contributed by atoms with Crippen molar-refractivity contribution >= 4 is 44.0 Å². The fourth-order valence-electron chi connectivity index (χ4n) is 0. The minimum absolute atomic E-state index is 0. The third kappa shape index (κ3) is 3420. The Hall–Kier alpha value is -2.39. The summed E-state index contributed by atoms with van der Waals surface area (Å²) in [6.45, 7) is 14.4. The normalized spacial score (nSPS) is 3.47. The van der Waals surface area contributed by atoms with Crippen LogP contribution in [0.4, 0.5) is 0 Å². The Morgan fingerprint density at radius 3 is 0.469 bits per heavy atom. The molecule has 2 N–H and O–H groups in total. The molecule has 32 heavy (non-hydrogen) atoms.